The first-order valence-electron chi connectivity index (χ1n) is 6.32. The molecule has 0 aliphatic rings. The molecule has 21 heavy (non-hydrogen) atoms. The Morgan fingerprint density at radius 1 is 1.29 bits per heavy atom. The number of rotatable bonds is 5. The predicted molar refractivity (Wildman–Crippen MR) is 79.1 cm³/mol. The van der Waals surface area contributed by atoms with E-state index in [0.29, 0.717) is 17.1 Å². The second-order valence-electron chi connectivity index (χ2n) is 4.41. The normalized spacial score (nSPS) is 11.8. The Balaban J connectivity index is 2.22. The van der Waals surface area contributed by atoms with E-state index >= 15 is 0 Å². The quantitative estimate of drug-likeness (QED) is 0.919. The zero-order valence-electron chi connectivity index (χ0n) is 12.0. The van der Waals surface area contributed by atoms with Gasteiger partial charge in [-0.2, -0.15) is 0 Å². The maximum Gasteiger partial charge on any atom is 0.256 e. The molecule has 1 atom stereocenters. The summed E-state index contributed by atoms with van der Waals surface area (Å²) >= 11 is 5.80. The van der Waals surface area contributed by atoms with E-state index < -0.39 is 0 Å². The van der Waals surface area contributed by atoms with Crippen LogP contribution in [0.2, 0.25) is 5.22 Å². The molecule has 1 amide bonds. The number of halogens is 1. The Hall–Kier alpha value is -2.14. The van der Waals surface area contributed by atoms with Crippen molar-refractivity contribution in [1.82, 2.24) is 5.32 Å². The van der Waals surface area contributed by atoms with Crippen molar-refractivity contribution in [2.75, 3.05) is 14.2 Å². The van der Waals surface area contributed by atoms with Gasteiger partial charge in [0.15, 0.2) is 0 Å². The van der Waals surface area contributed by atoms with Crippen LogP contribution in [0.25, 0.3) is 0 Å². The van der Waals surface area contributed by atoms with Gasteiger partial charge in [-0.25, -0.2) is 0 Å². The van der Waals surface area contributed by atoms with E-state index in [1.54, 1.807) is 26.4 Å². The molecule has 0 aliphatic carbocycles. The molecular formula is C15H16ClNO4. The molecule has 0 aliphatic heterocycles. The third-order valence-electron chi connectivity index (χ3n) is 3.11. The number of amides is 1. The van der Waals surface area contributed by atoms with E-state index in [-0.39, 0.29) is 17.2 Å². The number of hydrogen-bond donors (Lipinski definition) is 1. The Morgan fingerprint density at radius 3 is 2.62 bits per heavy atom. The molecule has 5 nitrogen and oxygen atoms in total. The summed E-state index contributed by atoms with van der Waals surface area (Å²) in [5.74, 6) is 1.04. The standard InChI is InChI=1S/C15H16ClNO4/c1-9(17-15(18)11-6-7-21-14(11)16)12-8-10(19-2)4-5-13(12)20-3/h4-9H,1-3H3,(H,17,18). The largest absolute Gasteiger partial charge is 0.497 e. The molecule has 1 heterocycles. The summed E-state index contributed by atoms with van der Waals surface area (Å²) in [4.78, 5) is 12.1. The van der Waals surface area contributed by atoms with E-state index in [1.165, 1.54) is 12.3 Å². The van der Waals surface area contributed by atoms with Gasteiger partial charge in [0.25, 0.3) is 5.91 Å². The topological polar surface area (TPSA) is 60.7 Å². The lowest BCUT2D eigenvalue weighted by molar-refractivity contribution is 0.0939. The fourth-order valence-electron chi connectivity index (χ4n) is 1.99. The first kappa shape index (κ1) is 15.3. The average Bonchev–Trinajstić information content (AvgIpc) is 2.92. The third kappa shape index (κ3) is 3.31. The molecule has 0 bridgehead atoms. The Kier molecular flexibility index (Phi) is 4.75. The number of carbonyl (C=O) groups is 1. The number of nitrogens with one attached hydrogen (secondary N) is 1. The van der Waals surface area contributed by atoms with Gasteiger partial charge < -0.3 is 19.2 Å². The van der Waals surface area contributed by atoms with Gasteiger partial charge in [0, 0.05) is 5.56 Å². The molecule has 0 fully saturated rings. The van der Waals surface area contributed by atoms with Crippen LogP contribution in [0, 0.1) is 0 Å². The molecule has 6 heteroatoms. The zero-order chi connectivity index (χ0) is 15.4. The van der Waals surface area contributed by atoms with Crippen molar-refractivity contribution in [1.29, 1.82) is 0 Å². The molecule has 112 valence electrons. The van der Waals surface area contributed by atoms with Crippen LogP contribution in [0.3, 0.4) is 0 Å². The van der Waals surface area contributed by atoms with Crippen LogP contribution in [0.15, 0.2) is 34.9 Å². The Bertz CT molecular complexity index is 638. The van der Waals surface area contributed by atoms with Crippen molar-refractivity contribution in [3.63, 3.8) is 0 Å². The van der Waals surface area contributed by atoms with E-state index in [2.05, 4.69) is 5.32 Å². The molecule has 2 rings (SSSR count). The minimum Gasteiger partial charge on any atom is -0.497 e. The van der Waals surface area contributed by atoms with Crippen LogP contribution in [-0.2, 0) is 0 Å². The molecule has 1 aromatic carbocycles. The maximum atomic E-state index is 12.1. The first-order valence-corrected chi connectivity index (χ1v) is 6.70. The summed E-state index contributed by atoms with van der Waals surface area (Å²) in [5, 5.41) is 2.91. The molecule has 1 aromatic heterocycles. The second kappa shape index (κ2) is 6.54. The molecule has 0 saturated heterocycles. The first-order chi connectivity index (χ1) is 10.1. The van der Waals surface area contributed by atoms with Crippen molar-refractivity contribution in [3.05, 3.63) is 46.9 Å². The summed E-state index contributed by atoms with van der Waals surface area (Å²) < 4.78 is 15.4. The summed E-state index contributed by atoms with van der Waals surface area (Å²) in [6, 6.07) is 6.65. The van der Waals surface area contributed by atoms with Gasteiger partial charge in [0.05, 0.1) is 32.1 Å². The summed E-state index contributed by atoms with van der Waals surface area (Å²) in [6.07, 6.45) is 1.37. The van der Waals surface area contributed by atoms with E-state index in [1.807, 2.05) is 13.0 Å². The lowest BCUT2D eigenvalue weighted by Gasteiger charge is -2.18. The van der Waals surface area contributed by atoms with Crippen LogP contribution in [0.1, 0.15) is 28.9 Å². The zero-order valence-corrected chi connectivity index (χ0v) is 12.7. The molecule has 0 radical (unpaired) electrons. The molecule has 1 N–H and O–H groups in total. The molecule has 0 saturated carbocycles. The lowest BCUT2D eigenvalue weighted by atomic mass is 10.1. The van der Waals surface area contributed by atoms with E-state index in [9.17, 15) is 4.79 Å². The number of methoxy groups -OCH3 is 2. The van der Waals surface area contributed by atoms with Crippen molar-refractivity contribution in [2.24, 2.45) is 0 Å². The number of ether oxygens (including phenoxy) is 2. The Morgan fingerprint density at radius 2 is 2.05 bits per heavy atom. The van der Waals surface area contributed by atoms with E-state index in [0.717, 1.165) is 5.56 Å². The van der Waals surface area contributed by atoms with Gasteiger partial charge in [0.1, 0.15) is 11.5 Å². The minimum absolute atomic E-state index is 0.0670. The second-order valence-corrected chi connectivity index (χ2v) is 4.75. The van der Waals surface area contributed by atoms with Gasteiger partial charge in [-0.1, -0.05) is 0 Å². The number of carbonyl (C=O) groups excluding carboxylic acids is 1. The highest BCUT2D eigenvalue weighted by Gasteiger charge is 2.19. The fraction of sp³-hybridized carbons (Fsp3) is 0.267. The van der Waals surface area contributed by atoms with Gasteiger partial charge in [-0.3, -0.25) is 4.79 Å². The number of furan rings is 1. The predicted octanol–water partition coefficient (Wildman–Crippen LogP) is 3.44. The Labute approximate surface area is 127 Å². The van der Waals surface area contributed by atoms with Crippen molar-refractivity contribution < 1.29 is 18.7 Å². The van der Waals surface area contributed by atoms with Crippen LogP contribution >= 0.6 is 11.6 Å². The smallest absolute Gasteiger partial charge is 0.256 e. The average molecular weight is 310 g/mol. The van der Waals surface area contributed by atoms with Gasteiger partial charge in [0.2, 0.25) is 5.22 Å². The van der Waals surface area contributed by atoms with Crippen LogP contribution < -0.4 is 14.8 Å². The summed E-state index contributed by atoms with van der Waals surface area (Å²) in [5.41, 5.74) is 1.11. The number of hydrogen-bond acceptors (Lipinski definition) is 4. The van der Waals surface area contributed by atoms with Gasteiger partial charge in [-0.05, 0) is 42.8 Å². The SMILES string of the molecule is COc1ccc(OC)c(C(C)NC(=O)c2ccoc2Cl)c1. The summed E-state index contributed by atoms with van der Waals surface area (Å²) in [6.45, 7) is 1.85. The van der Waals surface area contributed by atoms with Crippen LogP contribution in [-0.4, -0.2) is 20.1 Å². The van der Waals surface area contributed by atoms with E-state index in [4.69, 9.17) is 25.5 Å². The third-order valence-corrected chi connectivity index (χ3v) is 3.41. The molecule has 2 aromatic rings. The van der Waals surface area contributed by atoms with Crippen molar-refractivity contribution >= 4 is 17.5 Å². The van der Waals surface area contributed by atoms with Crippen molar-refractivity contribution in [2.45, 2.75) is 13.0 Å². The molecule has 0 spiro atoms. The van der Waals surface area contributed by atoms with Crippen LogP contribution in [0.4, 0.5) is 0 Å². The minimum atomic E-state index is -0.314. The van der Waals surface area contributed by atoms with Crippen LogP contribution in [0.5, 0.6) is 11.5 Å². The molecular weight excluding hydrogens is 294 g/mol. The van der Waals surface area contributed by atoms with Gasteiger partial charge >= 0.3 is 0 Å². The van der Waals surface area contributed by atoms with Gasteiger partial charge in [-0.15, -0.1) is 0 Å². The number of benzene rings is 1. The monoisotopic (exact) mass is 309 g/mol. The summed E-state index contributed by atoms with van der Waals surface area (Å²) in [7, 11) is 3.16. The maximum absolute atomic E-state index is 12.1. The highest BCUT2D eigenvalue weighted by Crippen LogP contribution is 2.29. The fourth-order valence-corrected chi connectivity index (χ4v) is 2.19. The van der Waals surface area contributed by atoms with Crippen molar-refractivity contribution in [3.8, 4) is 11.5 Å². The highest BCUT2D eigenvalue weighted by atomic mass is 35.5. The lowest BCUT2D eigenvalue weighted by Crippen LogP contribution is -2.26. The molecule has 1 unspecified atom stereocenters. The highest BCUT2D eigenvalue weighted by molar-refractivity contribution is 6.32.